The average Bonchev–Trinajstić information content (AvgIpc) is 3.31. The SMILES string of the molecule is CNCCN(C)c1cc(F)ccc1Nc1cc(F)c(S(=O)(=O)N(Cl)c2cc(C(C)(C)C)on2)cc1Cl. The molecular weight excluding hydrogens is 535 g/mol. The smallest absolute Gasteiger partial charge is 0.282 e. The molecule has 13 heteroatoms. The summed E-state index contributed by atoms with van der Waals surface area (Å²) in [6.45, 7) is 6.76. The van der Waals surface area contributed by atoms with E-state index in [1.54, 1.807) is 19.0 Å². The molecule has 1 aromatic heterocycles. The Labute approximate surface area is 219 Å². The fourth-order valence-corrected chi connectivity index (χ4v) is 4.86. The van der Waals surface area contributed by atoms with Gasteiger partial charge in [0.2, 0.25) is 5.82 Å². The minimum Gasteiger partial charge on any atom is -0.372 e. The molecular formula is C23H27Cl2F2N5O3S. The van der Waals surface area contributed by atoms with Crippen LogP contribution in [0.4, 0.5) is 31.7 Å². The molecule has 0 bridgehead atoms. The summed E-state index contributed by atoms with van der Waals surface area (Å²) in [7, 11) is -1.01. The third kappa shape index (κ3) is 6.03. The highest BCUT2D eigenvalue weighted by Gasteiger charge is 2.32. The highest BCUT2D eigenvalue weighted by Crippen LogP contribution is 2.37. The van der Waals surface area contributed by atoms with E-state index in [1.807, 2.05) is 20.8 Å². The van der Waals surface area contributed by atoms with Crippen molar-refractivity contribution in [2.45, 2.75) is 31.1 Å². The van der Waals surface area contributed by atoms with Crippen LogP contribution in [0, 0.1) is 11.6 Å². The largest absolute Gasteiger partial charge is 0.372 e. The molecule has 1 heterocycles. The summed E-state index contributed by atoms with van der Waals surface area (Å²) < 4.78 is 60.6. The van der Waals surface area contributed by atoms with Crippen molar-refractivity contribution >= 4 is 56.3 Å². The molecule has 0 saturated heterocycles. The van der Waals surface area contributed by atoms with E-state index >= 15 is 4.39 Å². The summed E-state index contributed by atoms with van der Waals surface area (Å²) in [5.74, 6) is -1.37. The minimum absolute atomic E-state index is 0.0839. The number of hydrogen-bond acceptors (Lipinski definition) is 7. The summed E-state index contributed by atoms with van der Waals surface area (Å²) in [6.07, 6.45) is 0. The van der Waals surface area contributed by atoms with Crippen molar-refractivity contribution in [3.05, 3.63) is 58.8 Å². The second-order valence-electron chi connectivity index (χ2n) is 9.09. The van der Waals surface area contributed by atoms with Crippen molar-refractivity contribution in [1.82, 2.24) is 10.5 Å². The van der Waals surface area contributed by atoms with Gasteiger partial charge in [0.15, 0.2) is 0 Å². The number of sulfonamides is 1. The van der Waals surface area contributed by atoms with Gasteiger partial charge in [-0.15, -0.1) is 0 Å². The topological polar surface area (TPSA) is 90.7 Å². The molecule has 0 aliphatic carbocycles. The molecule has 36 heavy (non-hydrogen) atoms. The Morgan fingerprint density at radius 2 is 1.81 bits per heavy atom. The van der Waals surface area contributed by atoms with Gasteiger partial charge in [-0.05, 0) is 31.3 Å². The standard InChI is InChI=1S/C23H27Cl2F2N5O3S/c1-23(2,3)21-13-22(30-35-21)32(25)36(33,34)20-11-15(24)18(12-16(20)27)29-17-7-6-14(26)10-19(17)31(5)9-8-28-4/h6-7,10-13,28-29H,8-9H2,1-5H3. The maximum Gasteiger partial charge on any atom is 0.282 e. The molecule has 0 unspecified atom stereocenters. The first kappa shape index (κ1) is 28.0. The van der Waals surface area contributed by atoms with Crippen LogP contribution >= 0.6 is 23.4 Å². The zero-order valence-electron chi connectivity index (χ0n) is 20.4. The van der Waals surface area contributed by atoms with Gasteiger partial charge < -0.3 is 20.1 Å². The Morgan fingerprint density at radius 1 is 1.11 bits per heavy atom. The van der Waals surface area contributed by atoms with Crippen molar-refractivity contribution in [2.24, 2.45) is 0 Å². The van der Waals surface area contributed by atoms with Crippen LogP contribution in [0.2, 0.25) is 5.02 Å². The van der Waals surface area contributed by atoms with Gasteiger partial charge in [0.05, 0.1) is 22.1 Å². The Bertz CT molecular complexity index is 1350. The summed E-state index contributed by atoms with van der Waals surface area (Å²) in [5.41, 5.74) is 0.587. The van der Waals surface area contributed by atoms with Crippen molar-refractivity contribution in [3.63, 3.8) is 0 Å². The summed E-state index contributed by atoms with van der Waals surface area (Å²) in [4.78, 5) is 1.05. The molecule has 0 aliphatic rings. The van der Waals surface area contributed by atoms with Crippen LogP contribution in [-0.4, -0.2) is 40.8 Å². The summed E-state index contributed by atoms with van der Waals surface area (Å²) in [6, 6.07) is 7.30. The Balaban J connectivity index is 1.94. The number of likely N-dealkylation sites (N-methyl/N-ethyl adjacent to an activating group) is 2. The fourth-order valence-electron chi connectivity index (χ4n) is 3.21. The molecule has 0 fully saturated rings. The second kappa shape index (κ2) is 10.8. The van der Waals surface area contributed by atoms with Crippen LogP contribution in [-0.2, 0) is 15.4 Å². The zero-order valence-corrected chi connectivity index (χ0v) is 22.7. The summed E-state index contributed by atoms with van der Waals surface area (Å²) >= 11 is 12.4. The van der Waals surface area contributed by atoms with Gasteiger partial charge in [-0.25, -0.2) is 8.78 Å². The van der Waals surface area contributed by atoms with E-state index in [2.05, 4.69) is 15.8 Å². The van der Waals surface area contributed by atoms with E-state index in [-0.39, 0.29) is 16.5 Å². The number of nitrogens with one attached hydrogen (secondary N) is 2. The number of hydrogen-bond donors (Lipinski definition) is 2. The molecule has 8 nitrogen and oxygen atoms in total. The number of rotatable bonds is 9. The van der Waals surface area contributed by atoms with Crippen LogP contribution in [0.15, 0.2) is 45.8 Å². The van der Waals surface area contributed by atoms with Crippen LogP contribution in [0.3, 0.4) is 0 Å². The molecule has 0 saturated carbocycles. The highest BCUT2D eigenvalue weighted by atomic mass is 35.5. The first-order valence-electron chi connectivity index (χ1n) is 10.9. The third-order valence-corrected chi connectivity index (χ3v) is 7.77. The maximum absolute atomic E-state index is 15.1. The molecule has 0 atom stereocenters. The quantitative estimate of drug-likeness (QED) is 0.326. The Morgan fingerprint density at radius 3 is 2.42 bits per heavy atom. The fraction of sp³-hybridized carbons (Fsp3) is 0.348. The van der Waals surface area contributed by atoms with E-state index < -0.39 is 32.0 Å². The van der Waals surface area contributed by atoms with Crippen LogP contribution < -0.4 is 19.4 Å². The van der Waals surface area contributed by atoms with E-state index in [1.165, 1.54) is 24.3 Å². The lowest BCUT2D eigenvalue weighted by Gasteiger charge is -2.23. The van der Waals surface area contributed by atoms with E-state index in [0.29, 0.717) is 34.0 Å². The molecule has 2 aromatic carbocycles. The predicted molar refractivity (Wildman–Crippen MR) is 139 cm³/mol. The minimum atomic E-state index is -4.58. The van der Waals surface area contributed by atoms with Gasteiger partial charge in [-0.2, -0.15) is 12.2 Å². The lowest BCUT2D eigenvalue weighted by molar-refractivity contribution is 0.330. The lowest BCUT2D eigenvalue weighted by atomic mass is 9.93. The van der Waals surface area contributed by atoms with Gasteiger partial charge in [-0.3, -0.25) is 0 Å². The van der Waals surface area contributed by atoms with Gasteiger partial charge in [0.25, 0.3) is 10.0 Å². The molecule has 3 rings (SSSR count). The van der Waals surface area contributed by atoms with Crippen LogP contribution in [0.5, 0.6) is 0 Å². The molecule has 0 spiro atoms. The normalized spacial score (nSPS) is 12.0. The van der Waals surface area contributed by atoms with Crippen molar-refractivity contribution in [3.8, 4) is 0 Å². The van der Waals surface area contributed by atoms with Crippen molar-refractivity contribution < 1.29 is 21.7 Å². The van der Waals surface area contributed by atoms with Crippen LogP contribution in [0.25, 0.3) is 0 Å². The third-order valence-electron chi connectivity index (χ3n) is 5.27. The van der Waals surface area contributed by atoms with Crippen molar-refractivity contribution in [2.75, 3.05) is 41.2 Å². The first-order valence-corrected chi connectivity index (χ1v) is 13.0. The summed E-state index contributed by atoms with van der Waals surface area (Å²) in [5, 5.41) is 9.56. The molecule has 0 aliphatic heterocycles. The van der Waals surface area contributed by atoms with E-state index in [4.69, 9.17) is 27.9 Å². The number of halogens is 4. The maximum atomic E-state index is 15.1. The second-order valence-corrected chi connectivity index (χ2v) is 11.8. The number of nitrogens with zero attached hydrogens (tertiary/aromatic N) is 3. The molecule has 0 radical (unpaired) electrons. The Kier molecular flexibility index (Phi) is 8.39. The van der Waals surface area contributed by atoms with Gasteiger partial charge >= 0.3 is 0 Å². The number of anilines is 4. The zero-order chi connectivity index (χ0) is 26.8. The van der Waals surface area contributed by atoms with Crippen LogP contribution in [0.1, 0.15) is 26.5 Å². The van der Waals surface area contributed by atoms with Gasteiger partial charge in [0.1, 0.15) is 22.3 Å². The predicted octanol–water partition coefficient (Wildman–Crippen LogP) is 5.65. The molecule has 3 aromatic rings. The lowest BCUT2D eigenvalue weighted by Crippen LogP contribution is -2.27. The monoisotopic (exact) mass is 561 g/mol. The van der Waals surface area contributed by atoms with E-state index in [0.717, 1.165) is 12.1 Å². The first-order chi connectivity index (χ1) is 16.8. The van der Waals surface area contributed by atoms with Gasteiger partial charge in [0, 0.05) is 49.5 Å². The number of aromatic nitrogens is 1. The average molecular weight is 562 g/mol. The Hall–Kier alpha value is -2.60. The molecule has 0 amide bonds. The molecule has 2 N–H and O–H groups in total. The highest BCUT2D eigenvalue weighted by molar-refractivity contribution is 7.94. The molecule has 196 valence electrons. The number of benzene rings is 2. The van der Waals surface area contributed by atoms with Gasteiger partial charge in [-0.1, -0.05) is 37.5 Å². The van der Waals surface area contributed by atoms with Crippen molar-refractivity contribution in [1.29, 1.82) is 0 Å². The van der Waals surface area contributed by atoms with E-state index in [9.17, 15) is 12.8 Å².